The highest BCUT2D eigenvalue weighted by atomic mass is 32.2. The van der Waals surface area contributed by atoms with Crippen molar-refractivity contribution in [3.63, 3.8) is 0 Å². The third-order valence-corrected chi connectivity index (χ3v) is 5.68. The molecule has 0 amide bonds. The Morgan fingerprint density at radius 2 is 1.89 bits per heavy atom. The molecular weight excluding hydrogens is 262 g/mol. The van der Waals surface area contributed by atoms with Gasteiger partial charge in [0.1, 0.15) is 0 Å². The second-order valence-corrected chi connectivity index (χ2v) is 6.93. The Bertz CT molecular complexity index is 527. The molecule has 0 aromatic heterocycles. The summed E-state index contributed by atoms with van der Waals surface area (Å²) in [5.41, 5.74) is 6.88. The second kappa shape index (κ2) is 5.38. The van der Waals surface area contributed by atoms with Crippen LogP contribution in [0.4, 0.5) is 11.4 Å². The quantitative estimate of drug-likeness (QED) is 0.861. The molecule has 1 atom stereocenters. The van der Waals surface area contributed by atoms with Crippen molar-refractivity contribution in [1.29, 1.82) is 0 Å². The molecule has 0 saturated carbocycles. The lowest BCUT2D eigenvalue weighted by Gasteiger charge is -2.35. The summed E-state index contributed by atoms with van der Waals surface area (Å²) in [6.07, 6.45) is 2.95. The number of benzene rings is 1. The Balaban J connectivity index is 2.25. The fraction of sp³-hybridized carbons (Fsp3) is 0.538. The molecule has 0 bridgehead atoms. The van der Waals surface area contributed by atoms with Crippen molar-refractivity contribution in [2.75, 3.05) is 23.6 Å². The molecule has 0 aliphatic carbocycles. The normalized spacial score (nSPS) is 21.3. The molecule has 106 valence electrons. The molecule has 1 aliphatic rings. The van der Waals surface area contributed by atoms with E-state index in [1.807, 2.05) is 6.92 Å². The highest BCUT2D eigenvalue weighted by Crippen LogP contribution is 2.25. The smallest absolute Gasteiger partial charge is 0.304 e. The first-order valence-corrected chi connectivity index (χ1v) is 7.94. The van der Waals surface area contributed by atoms with Crippen LogP contribution in [-0.2, 0) is 10.2 Å². The van der Waals surface area contributed by atoms with Gasteiger partial charge in [0.2, 0.25) is 0 Å². The lowest BCUT2D eigenvalue weighted by Crippen LogP contribution is -2.48. The molecule has 1 aromatic rings. The molecule has 1 unspecified atom stereocenters. The van der Waals surface area contributed by atoms with Gasteiger partial charge in [-0.3, -0.25) is 4.31 Å². The molecule has 1 saturated heterocycles. The molecule has 1 fully saturated rings. The number of hydrogen-bond acceptors (Lipinski definition) is 3. The van der Waals surface area contributed by atoms with Crippen molar-refractivity contribution in [3.05, 3.63) is 24.3 Å². The summed E-state index contributed by atoms with van der Waals surface area (Å²) in [4.78, 5) is 0. The minimum Gasteiger partial charge on any atom is -0.399 e. The first kappa shape index (κ1) is 14.1. The van der Waals surface area contributed by atoms with Crippen molar-refractivity contribution in [3.8, 4) is 0 Å². The Morgan fingerprint density at radius 1 is 1.26 bits per heavy atom. The zero-order chi connectivity index (χ0) is 14.0. The molecular formula is C13H21N3O2S. The van der Waals surface area contributed by atoms with Crippen molar-refractivity contribution in [2.45, 2.75) is 32.2 Å². The fourth-order valence-corrected chi connectivity index (χ4v) is 4.01. The first-order valence-electron chi connectivity index (χ1n) is 6.54. The van der Waals surface area contributed by atoms with Gasteiger partial charge in [-0.25, -0.2) is 0 Å². The monoisotopic (exact) mass is 283 g/mol. The Labute approximate surface area is 115 Å². The number of hydrogen-bond donors (Lipinski definition) is 1. The predicted octanol–water partition coefficient (Wildman–Crippen LogP) is 1.82. The van der Waals surface area contributed by atoms with E-state index < -0.39 is 10.2 Å². The van der Waals surface area contributed by atoms with Gasteiger partial charge in [-0.1, -0.05) is 6.42 Å². The molecule has 2 N–H and O–H groups in total. The first-order chi connectivity index (χ1) is 8.93. The van der Waals surface area contributed by atoms with Crippen molar-refractivity contribution in [2.24, 2.45) is 0 Å². The average Bonchev–Trinajstić information content (AvgIpc) is 2.39. The van der Waals surface area contributed by atoms with E-state index in [0.717, 1.165) is 19.3 Å². The number of piperidine rings is 1. The number of nitrogen functional groups attached to an aromatic ring is 1. The van der Waals surface area contributed by atoms with E-state index in [1.54, 1.807) is 35.6 Å². The van der Waals surface area contributed by atoms with Gasteiger partial charge >= 0.3 is 10.2 Å². The van der Waals surface area contributed by atoms with E-state index in [2.05, 4.69) is 0 Å². The van der Waals surface area contributed by atoms with Crippen LogP contribution < -0.4 is 10.0 Å². The van der Waals surface area contributed by atoms with Crippen LogP contribution in [0.5, 0.6) is 0 Å². The summed E-state index contributed by atoms with van der Waals surface area (Å²) in [5, 5.41) is 0. The van der Waals surface area contributed by atoms with Gasteiger partial charge in [-0.2, -0.15) is 12.7 Å². The van der Waals surface area contributed by atoms with E-state index in [0.29, 0.717) is 17.9 Å². The van der Waals surface area contributed by atoms with Crippen LogP contribution in [0.15, 0.2) is 24.3 Å². The molecule has 0 spiro atoms. The Hall–Kier alpha value is -1.27. The van der Waals surface area contributed by atoms with Crippen LogP contribution in [0.25, 0.3) is 0 Å². The van der Waals surface area contributed by atoms with E-state index >= 15 is 0 Å². The minimum absolute atomic E-state index is 0.0648. The summed E-state index contributed by atoms with van der Waals surface area (Å²) in [6.45, 7) is 2.57. The van der Waals surface area contributed by atoms with E-state index in [1.165, 1.54) is 4.31 Å². The zero-order valence-electron chi connectivity index (χ0n) is 11.4. The molecule has 0 radical (unpaired) electrons. The molecule has 1 aliphatic heterocycles. The maximum Gasteiger partial charge on any atom is 0.304 e. The van der Waals surface area contributed by atoms with Gasteiger partial charge in [0.15, 0.2) is 0 Å². The fourth-order valence-electron chi connectivity index (χ4n) is 2.39. The second-order valence-electron chi connectivity index (χ2n) is 5.02. The topological polar surface area (TPSA) is 66.6 Å². The summed E-state index contributed by atoms with van der Waals surface area (Å²) in [6, 6.07) is 6.93. The van der Waals surface area contributed by atoms with Crippen LogP contribution >= 0.6 is 0 Å². The molecule has 1 aromatic carbocycles. The Morgan fingerprint density at radius 3 is 2.47 bits per heavy atom. The number of nitrogens with two attached hydrogens (primary N) is 1. The van der Waals surface area contributed by atoms with Crippen molar-refractivity contribution < 1.29 is 8.42 Å². The average molecular weight is 283 g/mol. The highest BCUT2D eigenvalue weighted by molar-refractivity contribution is 7.90. The Kier molecular flexibility index (Phi) is 4.01. The van der Waals surface area contributed by atoms with Gasteiger partial charge in [-0.15, -0.1) is 0 Å². The van der Waals surface area contributed by atoms with Crippen LogP contribution in [0.2, 0.25) is 0 Å². The largest absolute Gasteiger partial charge is 0.399 e. The predicted molar refractivity (Wildman–Crippen MR) is 78.2 cm³/mol. The van der Waals surface area contributed by atoms with Crippen LogP contribution in [0, 0.1) is 0 Å². The maximum absolute atomic E-state index is 12.6. The lowest BCUT2D eigenvalue weighted by atomic mass is 10.1. The van der Waals surface area contributed by atoms with E-state index in [-0.39, 0.29) is 6.04 Å². The zero-order valence-corrected chi connectivity index (χ0v) is 12.2. The van der Waals surface area contributed by atoms with Gasteiger partial charge < -0.3 is 5.73 Å². The summed E-state index contributed by atoms with van der Waals surface area (Å²) in [7, 11) is -1.87. The number of anilines is 2. The van der Waals surface area contributed by atoms with Gasteiger partial charge in [-0.05, 0) is 44.0 Å². The molecule has 5 nitrogen and oxygen atoms in total. The molecule has 2 rings (SSSR count). The lowest BCUT2D eigenvalue weighted by molar-refractivity contribution is 0.268. The standard InChI is InChI=1S/C13H21N3O2S/c1-11-5-3-4-10-16(11)19(17,18)15(2)13-8-6-12(14)7-9-13/h6-9,11H,3-5,10,14H2,1-2H3. The number of nitrogens with zero attached hydrogens (tertiary/aromatic N) is 2. The van der Waals surface area contributed by atoms with Gasteiger partial charge in [0.05, 0.1) is 5.69 Å². The summed E-state index contributed by atoms with van der Waals surface area (Å²) < 4.78 is 28.1. The van der Waals surface area contributed by atoms with Crippen LogP contribution in [0.3, 0.4) is 0 Å². The molecule has 19 heavy (non-hydrogen) atoms. The van der Waals surface area contributed by atoms with Gasteiger partial charge in [0.25, 0.3) is 0 Å². The van der Waals surface area contributed by atoms with Crippen molar-refractivity contribution >= 4 is 21.6 Å². The van der Waals surface area contributed by atoms with Crippen LogP contribution in [0.1, 0.15) is 26.2 Å². The summed E-state index contributed by atoms with van der Waals surface area (Å²) in [5.74, 6) is 0. The molecule has 6 heteroatoms. The summed E-state index contributed by atoms with van der Waals surface area (Å²) >= 11 is 0. The highest BCUT2D eigenvalue weighted by Gasteiger charge is 2.32. The maximum atomic E-state index is 12.6. The van der Waals surface area contributed by atoms with Crippen molar-refractivity contribution in [1.82, 2.24) is 4.31 Å². The molecule has 1 heterocycles. The third-order valence-electron chi connectivity index (χ3n) is 3.64. The number of rotatable bonds is 3. The van der Waals surface area contributed by atoms with E-state index in [9.17, 15) is 8.42 Å². The van der Waals surface area contributed by atoms with Crippen LogP contribution in [-0.4, -0.2) is 32.4 Å². The minimum atomic E-state index is -3.45. The van der Waals surface area contributed by atoms with E-state index in [4.69, 9.17) is 5.73 Å². The SMILES string of the molecule is CC1CCCCN1S(=O)(=O)N(C)c1ccc(N)cc1. The van der Waals surface area contributed by atoms with Gasteiger partial charge in [0, 0.05) is 25.3 Å². The third kappa shape index (κ3) is 2.84.